The van der Waals surface area contributed by atoms with E-state index in [0.29, 0.717) is 0 Å². The van der Waals surface area contributed by atoms with Gasteiger partial charge in [-0.2, -0.15) is 5.10 Å². The summed E-state index contributed by atoms with van der Waals surface area (Å²) in [6.45, 7) is 1.33. The van der Waals surface area contributed by atoms with Crippen LogP contribution in [0.5, 0.6) is 0 Å². The third-order valence-electron chi connectivity index (χ3n) is 1.41. The number of aliphatic hydroxyl groups is 1. The quantitative estimate of drug-likeness (QED) is 0.591. The van der Waals surface area contributed by atoms with Crippen LogP contribution in [0.1, 0.15) is 6.92 Å². The average Bonchev–Trinajstić information content (AvgIpc) is 2.55. The first-order valence-electron chi connectivity index (χ1n) is 3.68. The van der Waals surface area contributed by atoms with Crippen molar-refractivity contribution in [2.75, 3.05) is 6.61 Å². The topological polar surface area (TPSA) is 95.1 Å². The fourth-order valence-electron chi connectivity index (χ4n) is 0.756. The van der Waals surface area contributed by atoms with Crippen molar-refractivity contribution in [2.45, 2.75) is 17.9 Å². The number of aliphatic hydroxyl groups excluding tert-OH is 1. The SMILES string of the molecule is C[C@H](CO)NS(=O)(=O)c1cn[nH]c1. The highest BCUT2D eigenvalue weighted by molar-refractivity contribution is 7.89. The predicted octanol–water partition coefficient (Wildman–Crippen LogP) is -0.931. The molecule has 0 fully saturated rings. The van der Waals surface area contributed by atoms with E-state index in [1.807, 2.05) is 0 Å². The van der Waals surface area contributed by atoms with Crippen LogP contribution in [0.2, 0.25) is 0 Å². The molecule has 1 aromatic rings. The zero-order valence-corrected chi connectivity index (χ0v) is 7.87. The second-order valence-corrected chi connectivity index (χ2v) is 4.35. The fourth-order valence-corrected chi connectivity index (χ4v) is 1.90. The van der Waals surface area contributed by atoms with E-state index in [2.05, 4.69) is 14.9 Å². The number of aromatic nitrogens is 2. The third kappa shape index (κ3) is 2.51. The van der Waals surface area contributed by atoms with Crippen LogP contribution >= 0.6 is 0 Å². The summed E-state index contributed by atoms with van der Waals surface area (Å²) in [6, 6.07) is -0.500. The Labute approximate surface area is 76.0 Å². The molecule has 0 aliphatic rings. The summed E-state index contributed by atoms with van der Waals surface area (Å²) in [5, 5.41) is 14.6. The molecular formula is C6H11N3O3S. The summed E-state index contributed by atoms with van der Waals surface area (Å²) < 4.78 is 25.0. The first-order valence-corrected chi connectivity index (χ1v) is 5.16. The Morgan fingerprint density at radius 1 is 1.77 bits per heavy atom. The Balaban J connectivity index is 2.79. The highest BCUT2D eigenvalue weighted by Gasteiger charge is 2.17. The van der Waals surface area contributed by atoms with Gasteiger partial charge in [-0.05, 0) is 6.92 Å². The molecule has 1 rings (SSSR count). The summed E-state index contributed by atoms with van der Waals surface area (Å²) >= 11 is 0. The van der Waals surface area contributed by atoms with Crippen LogP contribution in [0, 0.1) is 0 Å². The smallest absolute Gasteiger partial charge is 0.244 e. The number of sulfonamides is 1. The normalized spacial score (nSPS) is 14.3. The van der Waals surface area contributed by atoms with Gasteiger partial charge in [0.1, 0.15) is 4.90 Å². The Hall–Kier alpha value is -0.920. The molecule has 13 heavy (non-hydrogen) atoms. The zero-order valence-electron chi connectivity index (χ0n) is 7.06. The lowest BCUT2D eigenvalue weighted by Crippen LogP contribution is -2.34. The van der Waals surface area contributed by atoms with Crippen LogP contribution in [0.25, 0.3) is 0 Å². The van der Waals surface area contributed by atoms with Crippen molar-refractivity contribution in [3.05, 3.63) is 12.4 Å². The number of hydrogen-bond acceptors (Lipinski definition) is 4. The van der Waals surface area contributed by atoms with Crippen LogP contribution in [-0.4, -0.2) is 36.4 Å². The van der Waals surface area contributed by atoms with Crippen LogP contribution in [0.3, 0.4) is 0 Å². The summed E-state index contributed by atoms with van der Waals surface area (Å²) in [4.78, 5) is 0.0628. The van der Waals surface area contributed by atoms with E-state index >= 15 is 0 Å². The average molecular weight is 205 g/mol. The van der Waals surface area contributed by atoms with Gasteiger partial charge in [-0.3, -0.25) is 5.10 Å². The molecule has 0 bridgehead atoms. The van der Waals surface area contributed by atoms with Crippen molar-refractivity contribution in [3.63, 3.8) is 0 Å². The van der Waals surface area contributed by atoms with E-state index < -0.39 is 16.1 Å². The van der Waals surface area contributed by atoms with Gasteiger partial charge >= 0.3 is 0 Å². The van der Waals surface area contributed by atoms with Crippen molar-refractivity contribution < 1.29 is 13.5 Å². The minimum absolute atomic E-state index is 0.0628. The molecule has 0 radical (unpaired) electrons. The highest BCUT2D eigenvalue weighted by atomic mass is 32.2. The maximum atomic E-state index is 11.4. The van der Waals surface area contributed by atoms with Crippen molar-refractivity contribution in [1.29, 1.82) is 0 Å². The first kappa shape index (κ1) is 10.2. The van der Waals surface area contributed by atoms with E-state index in [4.69, 9.17) is 5.11 Å². The summed E-state index contributed by atoms with van der Waals surface area (Å²) in [7, 11) is -3.53. The van der Waals surface area contributed by atoms with Crippen molar-refractivity contribution in [1.82, 2.24) is 14.9 Å². The van der Waals surface area contributed by atoms with Crippen molar-refractivity contribution >= 4 is 10.0 Å². The number of hydrogen-bond donors (Lipinski definition) is 3. The Morgan fingerprint density at radius 3 is 2.92 bits per heavy atom. The lowest BCUT2D eigenvalue weighted by Gasteiger charge is -2.09. The zero-order chi connectivity index (χ0) is 9.90. The number of rotatable bonds is 4. The van der Waals surface area contributed by atoms with E-state index in [0.717, 1.165) is 0 Å². The van der Waals surface area contributed by atoms with Crippen LogP contribution in [-0.2, 0) is 10.0 Å². The minimum Gasteiger partial charge on any atom is -0.395 e. The molecule has 0 saturated carbocycles. The van der Waals surface area contributed by atoms with Gasteiger partial charge in [-0.1, -0.05) is 0 Å². The molecule has 1 atom stereocenters. The molecular weight excluding hydrogens is 194 g/mol. The molecule has 7 heteroatoms. The molecule has 0 saturated heterocycles. The van der Waals surface area contributed by atoms with Crippen LogP contribution in [0.4, 0.5) is 0 Å². The van der Waals surface area contributed by atoms with Gasteiger partial charge in [-0.25, -0.2) is 13.1 Å². The van der Waals surface area contributed by atoms with E-state index in [-0.39, 0.29) is 11.5 Å². The number of nitrogens with zero attached hydrogens (tertiary/aromatic N) is 1. The Kier molecular flexibility index (Phi) is 3.02. The van der Waals surface area contributed by atoms with Gasteiger partial charge in [0.2, 0.25) is 10.0 Å². The maximum Gasteiger partial charge on any atom is 0.244 e. The van der Waals surface area contributed by atoms with E-state index in [1.165, 1.54) is 12.4 Å². The molecule has 3 N–H and O–H groups in total. The van der Waals surface area contributed by atoms with Crippen LogP contribution < -0.4 is 4.72 Å². The second kappa shape index (κ2) is 3.86. The van der Waals surface area contributed by atoms with Crippen molar-refractivity contribution in [2.24, 2.45) is 0 Å². The second-order valence-electron chi connectivity index (χ2n) is 2.64. The third-order valence-corrected chi connectivity index (χ3v) is 2.97. The molecule has 0 aliphatic carbocycles. The lowest BCUT2D eigenvalue weighted by atomic mass is 10.4. The molecule has 1 heterocycles. The van der Waals surface area contributed by atoms with E-state index in [1.54, 1.807) is 6.92 Å². The Bertz CT molecular complexity index is 345. The first-order chi connectivity index (χ1) is 6.06. The van der Waals surface area contributed by atoms with Crippen molar-refractivity contribution in [3.8, 4) is 0 Å². The summed E-state index contributed by atoms with van der Waals surface area (Å²) in [6.07, 6.45) is 2.47. The Morgan fingerprint density at radius 2 is 2.46 bits per heavy atom. The van der Waals surface area contributed by atoms with E-state index in [9.17, 15) is 8.42 Å². The lowest BCUT2D eigenvalue weighted by molar-refractivity contribution is 0.265. The maximum absolute atomic E-state index is 11.4. The standard InChI is InChI=1S/C6H11N3O3S/c1-5(4-10)9-13(11,12)6-2-7-8-3-6/h2-3,5,9-10H,4H2,1H3,(H,7,8)/t5-/m1/s1. The monoisotopic (exact) mass is 205 g/mol. The molecule has 0 amide bonds. The molecule has 1 aromatic heterocycles. The van der Waals surface area contributed by atoms with Gasteiger partial charge in [0.15, 0.2) is 0 Å². The summed E-state index contributed by atoms with van der Waals surface area (Å²) in [5.41, 5.74) is 0. The fraction of sp³-hybridized carbons (Fsp3) is 0.500. The molecule has 74 valence electrons. The van der Waals surface area contributed by atoms with Gasteiger partial charge in [0, 0.05) is 12.2 Å². The number of nitrogens with one attached hydrogen (secondary N) is 2. The minimum atomic E-state index is -3.53. The molecule has 0 aromatic carbocycles. The van der Waals surface area contributed by atoms with Crippen LogP contribution in [0.15, 0.2) is 17.3 Å². The largest absolute Gasteiger partial charge is 0.395 e. The van der Waals surface area contributed by atoms with Gasteiger partial charge in [-0.15, -0.1) is 0 Å². The van der Waals surface area contributed by atoms with Gasteiger partial charge in [0.25, 0.3) is 0 Å². The predicted molar refractivity (Wildman–Crippen MR) is 45.5 cm³/mol. The summed E-state index contributed by atoms with van der Waals surface area (Å²) in [5.74, 6) is 0. The van der Waals surface area contributed by atoms with Gasteiger partial charge in [0.05, 0.1) is 12.8 Å². The highest BCUT2D eigenvalue weighted by Crippen LogP contribution is 2.04. The number of aromatic amines is 1. The van der Waals surface area contributed by atoms with Gasteiger partial charge < -0.3 is 5.11 Å². The molecule has 0 unspecified atom stereocenters. The molecule has 0 aliphatic heterocycles. The molecule has 0 spiro atoms. The number of H-pyrrole nitrogens is 1. The molecule has 6 nitrogen and oxygen atoms in total.